The first-order valence-electron chi connectivity index (χ1n) is 7.36. The van der Waals surface area contributed by atoms with Crippen molar-refractivity contribution in [3.8, 4) is 0 Å². The average molecular weight is 379 g/mol. The number of nitrogens with one attached hydrogen (secondary N) is 1. The third-order valence-electron chi connectivity index (χ3n) is 3.18. The third kappa shape index (κ3) is 5.60. The van der Waals surface area contributed by atoms with E-state index in [2.05, 4.69) is 5.32 Å². The highest BCUT2D eigenvalue weighted by Crippen LogP contribution is 2.24. The Bertz CT molecular complexity index is 759. The van der Waals surface area contributed by atoms with Gasteiger partial charge in [-0.1, -0.05) is 71.8 Å². The summed E-state index contributed by atoms with van der Waals surface area (Å²) in [5.74, 6) is -1.48. The van der Waals surface area contributed by atoms with E-state index in [0.717, 1.165) is 5.56 Å². The number of ether oxygens (including phenoxy) is 1. The van der Waals surface area contributed by atoms with Gasteiger partial charge in [0, 0.05) is 0 Å². The number of amides is 2. The highest BCUT2D eigenvalue weighted by atomic mass is 35.5. The molecule has 1 unspecified atom stereocenters. The maximum Gasteiger partial charge on any atom is 0.267 e. The molecule has 0 aliphatic heterocycles. The zero-order valence-electron chi connectivity index (χ0n) is 13.1. The maximum absolute atomic E-state index is 12.3. The molecule has 0 aromatic heterocycles. The molecule has 0 saturated carbocycles. The van der Waals surface area contributed by atoms with Gasteiger partial charge in [0.1, 0.15) is 0 Å². The van der Waals surface area contributed by atoms with Crippen LogP contribution in [0, 0.1) is 0 Å². The lowest BCUT2D eigenvalue weighted by Crippen LogP contribution is -2.46. The molecule has 0 saturated heterocycles. The summed E-state index contributed by atoms with van der Waals surface area (Å²) in [4.78, 5) is 23.8. The van der Waals surface area contributed by atoms with E-state index in [1.54, 1.807) is 12.1 Å². The van der Waals surface area contributed by atoms with Crippen molar-refractivity contribution in [3.05, 3.63) is 75.8 Å². The summed E-state index contributed by atoms with van der Waals surface area (Å²) < 4.78 is 5.32. The van der Waals surface area contributed by atoms with E-state index in [0.29, 0.717) is 0 Å². The van der Waals surface area contributed by atoms with Gasteiger partial charge >= 0.3 is 0 Å². The minimum atomic E-state index is -1.31. The van der Waals surface area contributed by atoms with Crippen LogP contribution >= 0.6 is 23.2 Å². The summed E-state index contributed by atoms with van der Waals surface area (Å²) in [5, 5.41) is 2.70. The zero-order chi connectivity index (χ0) is 18.2. The predicted molar refractivity (Wildman–Crippen MR) is 98.3 cm³/mol. The first-order chi connectivity index (χ1) is 12.0. The third-order valence-corrected chi connectivity index (χ3v) is 3.81. The smallest absolute Gasteiger partial charge is 0.267 e. The van der Waals surface area contributed by atoms with Gasteiger partial charge in [-0.2, -0.15) is 0 Å². The molecule has 0 spiro atoms. The molecule has 2 amide bonds. The fourth-order valence-corrected chi connectivity index (χ4v) is 2.57. The Kier molecular flexibility index (Phi) is 7.01. The summed E-state index contributed by atoms with van der Waals surface area (Å²) in [7, 11) is 0. The van der Waals surface area contributed by atoms with Crippen LogP contribution in [0.25, 0.3) is 6.08 Å². The van der Waals surface area contributed by atoms with Crippen molar-refractivity contribution in [1.82, 2.24) is 5.32 Å². The van der Waals surface area contributed by atoms with Crippen molar-refractivity contribution in [2.24, 2.45) is 5.73 Å². The van der Waals surface area contributed by atoms with Crippen molar-refractivity contribution >= 4 is 41.1 Å². The van der Waals surface area contributed by atoms with E-state index in [1.807, 2.05) is 36.4 Å². The lowest BCUT2D eigenvalue weighted by atomic mass is 10.2. The van der Waals surface area contributed by atoms with Gasteiger partial charge in [0.15, 0.2) is 0 Å². The molecule has 5 nitrogen and oxygen atoms in total. The normalized spacial score (nSPS) is 12.1. The number of carbonyl (C=O) groups is 2. The number of nitrogens with two attached hydrogens (primary N) is 1. The topological polar surface area (TPSA) is 81.4 Å². The van der Waals surface area contributed by atoms with E-state index in [9.17, 15) is 9.59 Å². The summed E-state index contributed by atoms with van der Waals surface area (Å²) in [5.41, 5.74) is 6.30. The largest absolute Gasteiger partial charge is 0.366 e. The lowest BCUT2D eigenvalue weighted by Gasteiger charge is -2.16. The second-order valence-electron chi connectivity index (χ2n) is 5.00. The van der Waals surface area contributed by atoms with Crippen LogP contribution in [-0.4, -0.2) is 24.6 Å². The van der Waals surface area contributed by atoms with Crippen LogP contribution in [0.4, 0.5) is 0 Å². The van der Waals surface area contributed by atoms with Gasteiger partial charge in [0.05, 0.1) is 22.2 Å². The summed E-state index contributed by atoms with van der Waals surface area (Å²) in [6, 6.07) is 14.2. The Hall–Kier alpha value is -2.34. The second kappa shape index (κ2) is 9.22. The molecular formula is C18H16Cl2N2O3. The number of primary amides is 1. The molecule has 25 heavy (non-hydrogen) atoms. The number of halogens is 2. The van der Waals surface area contributed by atoms with Gasteiger partial charge in [0.25, 0.3) is 11.8 Å². The van der Waals surface area contributed by atoms with Crippen LogP contribution in [0.3, 0.4) is 0 Å². The minimum absolute atomic E-state index is 0.0560. The molecule has 3 N–H and O–H groups in total. The van der Waals surface area contributed by atoms with Crippen LogP contribution in [0.1, 0.15) is 15.9 Å². The Morgan fingerprint density at radius 2 is 1.72 bits per heavy atom. The highest BCUT2D eigenvalue weighted by Gasteiger charge is 2.22. The molecule has 0 heterocycles. The van der Waals surface area contributed by atoms with E-state index in [1.165, 1.54) is 12.1 Å². The number of hydrogen-bond donors (Lipinski definition) is 2. The van der Waals surface area contributed by atoms with Crippen LogP contribution in [0.15, 0.2) is 54.6 Å². The molecule has 7 heteroatoms. The molecule has 0 radical (unpaired) electrons. The van der Waals surface area contributed by atoms with E-state index < -0.39 is 18.0 Å². The predicted octanol–water partition coefficient (Wildman–Crippen LogP) is 3.26. The number of benzene rings is 2. The molecule has 1 atom stereocenters. The Morgan fingerprint density at radius 3 is 2.32 bits per heavy atom. The van der Waals surface area contributed by atoms with Crippen molar-refractivity contribution in [3.63, 3.8) is 0 Å². The SMILES string of the molecule is NC(=O)C(NC(=O)c1c(Cl)cccc1Cl)OCC=Cc1ccccc1. The molecule has 2 rings (SSSR count). The summed E-state index contributed by atoms with van der Waals surface area (Å²) >= 11 is 11.9. The van der Waals surface area contributed by atoms with Crippen molar-refractivity contribution in [1.29, 1.82) is 0 Å². The molecule has 2 aromatic rings. The minimum Gasteiger partial charge on any atom is -0.366 e. The number of hydrogen-bond acceptors (Lipinski definition) is 3. The number of rotatable bonds is 7. The fourth-order valence-electron chi connectivity index (χ4n) is 2.00. The second-order valence-corrected chi connectivity index (χ2v) is 5.81. The van der Waals surface area contributed by atoms with E-state index in [4.69, 9.17) is 33.7 Å². The fraction of sp³-hybridized carbons (Fsp3) is 0.111. The molecule has 0 bridgehead atoms. The van der Waals surface area contributed by atoms with Crippen molar-refractivity contribution < 1.29 is 14.3 Å². The molecule has 0 aliphatic carbocycles. The van der Waals surface area contributed by atoms with Crippen LogP contribution < -0.4 is 11.1 Å². The molecule has 130 valence electrons. The Morgan fingerprint density at radius 1 is 1.08 bits per heavy atom. The van der Waals surface area contributed by atoms with Gasteiger partial charge in [-0.3, -0.25) is 9.59 Å². The van der Waals surface area contributed by atoms with Gasteiger partial charge in [0.2, 0.25) is 6.23 Å². The van der Waals surface area contributed by atoms with Gasteiger partial charge in [-0.25, -0.2) is 0 Å². The average Bonchev–Trinajstić information content (AvgIpc) is 2.58. The lowest BCUT2D eigenvalue weighted by molar-refractivity contribution is -0.130. The zero-order valence-corrected chi connectivity index (χ0v) is 14.6. The Labute approximate surface area is 155 Å². The summed E-state index contributed by atoms with van der Waals surface area (Å²) in [6.07, 6.45) is 2.23. The van der Waals surface area contributed by atoms with E-state index >= 15 is 0 Å². The van der Waals surface area contributed by atoms with Crippen molar-refractivity contribution in [2.45, 2.75) is 6.23 Å². The van der Waals surface area contributed by atoms with Gasteiger partial charge in [-0.05, 0) is 17.7 Å². The van der Waals surface area contributed by atoms with Gasteiger partial charge < -0.3 is 15.8 Å². The molecule has 0 fully saturated rings. The van der Waals surface area contributed by atoms with E-state index in [-0.39, 0.29) is 22.2 Å². The molecule has 2 aromatic carbocycles. The van der Waals surface area contributed by atoms with Crippen LogP contribution in [0.2, 0.25) is 10.0 Å². The molecule has 0 aliphatic rings. The number of carbonyl (C=O) groups excluding carboxylic acids is 2. The molecular weight excluding hydrogens is 363 g/mol. The summed E-state index contributed by atoms with van der Waals surface area (Å²) in [6.45, 7) is 0.0824. The Balaban J connectivity index is 1.98. The van der Waals surface area contributed by atoms with Crippen molar-refractivity contribution in [2.75, 3.05) is 6.61 Å². The standard InChI is InChI=1S/C18H16Cl2N2O3/c19-13-9-4-10-14(20)15(13)17(24)22-18(16(21)23)25-11-5-8-12-6-2-1-3-7-12/h1-10,18H,11H2,(H2,21,23)(H,22,24). The first kappa shape index (κ1) is 19.0. The van der Waals surface area contributed by atoms with Crippen LogP contribution in [-0.2, 0) is 9.53 Å². The monoisotopic (exact) mass is 378 g/mol. The maximum atomic E-state index is 12.3. The van der Waals surface area contributed by atoms with Gasteiger partial charge in [-0.15, -0.1) is 0 Å². The highest BCUT2D eigenvalue weighted by molar-refractivity contribution is 6.39. The quantitative estimate of drug-likeness (QED) is 0.725. The first-order valence-corrected chi connectivity index (χ1v) is 8.12. The van der Waals surface area contributed by atoms with Crippen LogP contribution in [0.5, 0.6) is 0 Å².